The molecule has 218 valence electrons. The molecule has 4 heteroatoms. The first kappa shape index (κ1) is 34.0. The molecule has 0 atom stereocenters. The quantitative estimate of drug-likeness (QED) is 0.159. The summed E-state index contributed by atoms with van der Waals surface area (Å²) in [7, 11) is 0. The van der Waals surface area contributed by atoms with Crippen LogP contribution in [0.1, 0.15) is 22.3 Å². The Morgan fingerprint density at radius 2 is 1.00 bits per heavy atom. The van der Waals surface area contributed by atoms with Crippen molar-refractivity contribution in [3.05, 3.63) is 169 Å². The van der Waals surface area contributed by atoms with Crippen LogP contribution >= 0.6 is 0 Å². The van der Waals surface area contributed by atoms with Crippen LogP contribution in [0.5, 0.6) is 0 Å². The van der Waals surface area contributed by atoms with Gasteiger partial charge >= 0.3 is 0 Å². The number of nitrogens with zero attached hydrogens (tertiary/aromatic N) is 2. The Balaban J connectivity index is 0.000000174. The van der Waals surface area contributed by atoms with Crippen molar-refractivity contribution < 1.29 is 65.4 Å². The van der Waals surface area contributed by atoms with E-state index in [1.165, 1.54) is 60.4 Å². The van der Waals surface area contributed by atoms with Gasteiger partial charge in [0.1, 0.15) is 0 Å². The Kier molecular flexibility index (Phi) is 10.8. The van der Waals surface area contributed by atoms with Crippen molar-refractivity contribution in [3.8, 4) is 11.4 Å². The van der Waals surface area contributed by atoms with Gasteiger partial charge in [-0.05, 0) is 77.7 Å². The molecule has 6 aromatic carbocycles. The van der Waals surface area contributed by atoms with Gasteiger partial charge in [0.15, 0.2) is 0 Å². The fourth-order valence-electron chi connectivity index (χ4n) is 6.12. The van der Waals surface area contributed by atoms with E-state index in [2.05, 4.69) is 157 Å². The van der Waals surface area contributed by atoms with E-state index in [1.807, 2.05) is 24.3 Å². The van der Waals surface area contributed by atoms with Gasteiger partial charge in [0.2, 0.25) is 0 Å². The van der Waals surface area contributed by atoms with E-state index < -0.39 is 0 Å². The van der Waals surface area contributed by atoms with Gasteiger partial charge in [-0.3, -0.25) is 0 Å². The summed E-state index contributed by atoms with van der Waals surface area (Å²) in [5.74, 6) is 0. The fraction of sp³-hybridized carbons (Fsp3) is 0.0476. The first-order valence-corrected chi connectivity index (χ1v) is 14.8. The van der Waals surface area contributed by atoms with Gasteiger partial charge in [-0.25, -0.2) is 0 Å². The molecule has 0 saturated heterocycles. The monoisotopic (exact) mass is 742 g/mol. The van der Waals surface area contributed by atoms with Crippen LogP contribution in [-0.2, 0) is 65.4 Å². The van der Waals surface area contributed by atoms with Crippen LogP contribution in [0.2, 0.25) is 0 Å². The molecule has 2 heterocycles. The van der Waals surface area contributed by atoms with Crippen molar-refractivity contribution in [1.82, 2.24) is 9.13 Å². The Bertz CT molecular complexity index is 2320. The predicted molar refractivity (Wildman–Crippen MR) is 189 cm³/mol. The summed E-state index contributed by atoms with van der Waals surface area (Å²) in [6.07, 6.45) is 3.74. The summed E-state index contributed by atoms with van der Waals surface area (Å²) in [4.78, 5) is 0. The van der Waals surface area contributed by atoms with Crippen LogP contribution in [0, 0.1) is 26.0 Å². The normalized spacial score (nSPS) is 10.7. The van der Waals surface area contributed by atoms with E-state index in [1.54, 1.807) is 0 Å². The number of hydrogen-bond acceptors (Lipinski definition) is 0. The van der Waals surface area contributed by atoms with E-state index in [0.29, 0.717) is 0 Å². The first-order valence-electron chi connectivity index (χ1n) is 14.8. The maximum atomic E-state index is 3.82. The molecule has 8 rings (SSSR count). The first-order chi connectivity index (χ1) is 21.6. The Hall–Kier alpha value is -3.39. The van der Waals surface area contributed by atoms with Crippen molar-refractivity contribution >= 4 is 55.8 Å². The fourth-order valence-corrected chi connectivity index (χ4v) is 6.12. The van der Waals surface area contributed by atoms with Crippen LogP contribution in [0.4, 0.5) is 0 Å². The molecule has 0 N–H and O–H groups in total. The maximum Gasteiger partial charge on any atom is 0.0438 e. The molecule has 0 saturated carbocycles. The van der Waals surface area contributed by atoms with E-state index >= 15 is 0 Å². The number of benzene rings is 6. The number of fused-ring (bicyclic) bond motifs is 6. The van der Waals surface area contributed by atoms with E-state index in [4.69, 9.17) is 0 Å². The second-order valence-electron chi connectivity index (χ2n) is 11.2. The third kappa shape index (κ3) is 6.29. The number of aromatic nitrogens is 2. The summed E-state index contributed by atoms with van der Waals surface area (Å²) in [5, 5.41) is 5.07. The number of rotatable bonds is 4. The van der Waals surface area contributed by atoms with Crippen molar-refractivity contribution in [2.24, 2.45) is 0 Å². The van der Waals surface area contributed by atoms with E-state index in [9.17, 15) is 0 Å². The number of aryl methyl sites for hydroxylation is 2. The topological polar surface area (TPSA) is 9.86 Å². The summed E-state index contributed by atoms with van der Waals surface area (Å²) < 4.78 is 4.62. The average molecular weight is 743 g/mol. The summed E-state index contributed by atoms with van der Waals surface area (Å²) >= 11 is 0. The van der Waals surface area contributed by atoms with E-state index in [-0.39, 0.29) is 65.4 Å². The molecule has 0 unspecified atom stereocenters. The molecule has 0 bridgehead atoms. The van der Waals surface area contributed by atoms with E-state index in [0.717, 1.165) is 16.8 Å². The Morgan fingerprint density at radius 1 is 0.478 bits per heavy atom. The van der Waals surface area contributed by atoms with Crippen LogP contribution in [0.3, 0.4) is 0 Å². The standard InChI is InChI=1S/2C21H16N.2Y/c1-3-16-9-11-17(12-10-16)22-20-7-5-4-6-18(20)19-14-15(2)8-13-21(19)22;1-3-16-9-11-17(12-10-16)22-20-7-5-4-6-18(20)19-13-8-15(2)14-21(19)22;;/h3,5-14H,1H2,2H3;3-4,6-14H,1H2,2H3;;/q2*-1;;. The third-order valence-corrected chi connectivity index (χ3v) is 8.31. The van der Waals surface area contributed by atoms with Crippen LogP contribution < -0.4 is 0 Å². The molecule has 46 heavy (non-hydrogen) atoms. The minimum Gasteiger partial charge on any atom is -0.364 e. The molecule has 2 radical (unpaired) electrons. The van der Waals surface area contributed by atoms with Crippen molar-refractivity contribution in [3.63, 3.8) is 0 Å². The summed E-state index contributed by atoms with van der Waals surface area (Å²) in [5.41, 5.74) is 12.0. The van der Waals surface area contributed by atoms with Crippen molar-refractivity contribution in [2.45, 2.75) is 13.8 Å². The molecular formula is C42H32N2Y2-2. The minimum atomic E-state index is 0. The van der Waals surface area contributed by atoms with Gasteiger partial charge < -0.3 is 9.13 Å². The molecular weight excluding hydrogens is 710 g/mol. The second-order valence-corrected chi connectivity index (χ2v) is 11.2. The zero-order chi connectivity index (χ0) is 30.2. The van der Waals surface area contributed by atoms with Gasteiger partial charge in [-0.15, -0.1) is 16.8 Å². The molecule has 0 aliphatic carbocycles. The van der Waals surface area contributed by atoms with Crippen molar-refractivity contribution in [2.75, 3.05) is 0 Å². The largest absolute Gasteiger partial charge is 0.364 e. The zero-order valence-corrected chi connectivity index (χ0v) is 31.8. The average Bonchev–Trinajstić information content (AvgIpc) is 3.57. The second kappa shape index (κ2) is 14.6. The van der Waals surface area contributed by atoms with Gasteiger partial charge in [0.05, 0.1) is 0 Å². The van der Waals surface area contributed by atoms with Crippen molar-refractivity contribution in [1.29, 1.82) is 0 Å². The molecule has 0 aliphatic rings. The van der Waals surface area contributed by atoms with Crippen LogP contribution in [0.15, 0.2) is 134 Å². The summed E-state index contributed by atoms with van der Waals surface area (Å²) in [6, 6.07) is 49.0. The molecule has 0 aliphatic heterocycles. The molecule has 2 nitrogen and oxygen atoms in total. The third-order valence-electron chi connectivity index (χ3n) is 8.31. The van der Waals surface area contributed by atoms with Gasteiger partial charge in [-0.1, -0.05) is 90.4 Å². The minimum absolute atomic E-state index is 0. The van der Waals surface area contributed by atoms with Gasteiger partial charge in [-0.2, -0.15) is 42.5 Å². The maximum absolute atomic E-state index is 3.82. The molecule has 0 amide bonds. The molecule has 0 fully saturated rings. The number of hydrogen-bond donors (Lipinski definition) is 0. The van der Waals surface area contributed by atoms with Crippen LogP contribution in [-0.4, -0.2) is 9.13 Å². The molecule has 0 spiro atoms. The SMILES string of the molecule is C=Cc1ccc(-n2c3c[c-]ccc3c3ccc(C)cc32)cc1.C=Cc1ccc(-n2c3cc[c-]cc3c3cc(C)ccc32)cc1.[Y].[Y]. The predicted octanol–water partition coefficient (Wildman–Crippen LogP) is 11.1. The zero-order valence-electron chi connectivity index (χ0n) is 26.2. The van der Waals surface area contributed by atoms with Gasteiger partial charge in [0.25, 0.3) is 0 Å². The van der Waals surface area contributed by atoms with Gasteiger partial charge in [0, 0.05) is 87.8 Å². The Labute approximate surface area is 321 Å². The molecule has 2 aromatic heterocycles. The molecule has 8 aromatic rings. The Morgan fingerprint density at radius 3 is 1.65 bits per heavy atom. The van der Waals surface area contributed by atoms with Crippen LogP contribution in [0.25, 0.3) is 67.1 Å². The smallest absolute Gasteiger partial charge is 0.0438 e. The summed E-state index contributed by atoms with van der Waals surface area (Å²) in [6.45, 7) is 11.9.